The number of likely N-dealkylation sites (tertiary alicyclic amines) is 1. The normalized spacial score (nSPS) is 23.6. The van der Waals surface area contributed by atoms with Gasteiger partial charge in [0.25, 0.3) is 5.91 Å². The summed E-state index contributed by atoms with van der Waals surface area (Å²) in [4.78, 5) is 26.0. The van der Waals surface area contributed by atoms with E-state index in [4.69, 9.17) is 4.74 Å². The summed E-state index contributed by atoms with van der Waals surface area (Å²) in [6, 6.07) is 5.73. The minimum absolute atomic E-state index is 0.165. The van der Waals surface area contributed by atoms with E-state index in [1.54, 1.807) is 4.90 Å². The Hall–Kier alpha value is -1.93. The lowest BCUT2D eigenvalue weighted by molar-refractivity contribution is -0.133. The Balaban J connectivity index is 1.62. The largest absolute Gasteiger partial charge is 0.452 e. The van der Waals surface area contributed by atoms with Gasteiger partial charge in [-0.15, -0.1) is 0 Å². The second-order valence-corrected chi connectivity index (χ2v) is 9.89. The molecule has 0 radical (unpaired) electrons. The molecule has 0 unspecified atom stereocenters. The Kier molecular flexibility index (Phi) is 6.40. The summed E-state index contributed by atoms with van der Waals surface area (Å²) in [7, 11) is -3.59. The van der Waals surface area contributed by atoms with Gasteiger partial charge in [-0.05, 0) is 55.4 Å². The number of ether oxygens (including phenoxy) is 1. The second-order valence-electron chi connectivity index (χ2n) is 7.96. The second kappa shape index (κ2) is 8.61. The third-order valence-electron chi connectivity index (χ3n) is 5.35. The van der Waals surface area contributed by atoms with Crippen LogP contribution in [-0.2, 0) is 19.6 Å². The van der Waals surface area contributed by atoms with E-state index in [2.05, 4.69) is 13.8 Å². The third kappa shape index (κ3) is 4.72. The molecule has 7 nitrogen and oxygen atoms in total. The molecule has 28 heavy (non-hydrogen) atoms. The standard InChI is InChI=1S/C20H28N2O5S/c1-15-11-16(2)13-22(12-15)28(25,26)18-7-5-17(6-8-18)20(24)27-14-19(23)21-9-3-4-10-21/h5-8,15-16H,3-4,9-14H2,1-2H3/t15-,16-/m0/s1. The molecule has 154 valence electrons. The zero-order valence-electron chi connectivity index (χ0n) is 16.5. The number of carbonyl (C=O) groups is 2. The van der Waals surface area contributed by atoms with Crippen LogP contribution in [0.1, 0.15) is 43.5 Å². The zero-order valence-corrected chi connectivity index (χ0v) is 17.3. The van der Waals surface area contributed by atoms with Gasteiger partial charge in [0.05, 0.1) is 10.5 Å². The van der Waals surface area contributed by atoms with E-state index < -0.39 is 16.0 Å². The van der Waals surface area contributed by atoms with E-state index in [1.165, 1.54) is 28.6 Å². The highest BCUT2D eigenvalue weighted by molar-refractivity contribution is 7.89. The van der Waals surface area contributed by atoms with Gasteiger partial charge in [0.1, 0.15) is 0 Å². The first kappa shape index (κ1) is 20.8. The average molecular weight is 409 g/mol. The van der Waals surface area contributed by atoms with Gasteiger partial charge in [0, 0.05) is 26.2 Å². The van der Waals surface area contributed by atoms with Gasteiger partial charge in [-0.1, -0.05) is 13.8 Å². The van der Waals surface area contributed by atoms with Gasteiger partial charge in [-0.25, -0.2) is 13.2 Å². The molecular formula is C20H28N2O5S. The quantitative estimate of drug-likeness (QED) is 0.697. The van der Waals surface area contributed by atoms with Crippen molar-refractivity contribution in [3.05, 3.63) is 29.8 Å². The van der Waals surface area contributed by atoms with Crippen LogP contribution in [0.4, 0.5) is 0 Å². The van der Waals surface area contributed by atoms with Crippen LogP contribution < -0.4 is 0 Å². The van der Waals surface area contributed by atoms with Crippen molar-refractivity contribution in [3.8, 4) is 0 Å². The number of piperidine rings is 1. The van der Waals surface area contributed by atoms with Crippen molar-refractivity contribution >= 4 is 21.9 Å². The van der Waals surface area contributed by atoms with Crippen molar-refractivity contribution in [1.29, 1.82) is 0 Å². The maximum Gasteiger partial charge on any atom is 0.338 e. The number of amides is 1. The van der Waals surface area contributed by atoms with E-state index in [-0.39, 0.29) is 23.0 Å². The van der Waals surface area contributed by atoms with Gasteiger partial charge in [0.15, 0.2) is 6.61 Å². The van der Waals surface area contributed by atoms with Crippen molar-refractivity contribution in [2.45, 2.75) is 38.0 Å². The van der Waals surface area contributed by atoms with Crippen LogP contribution in [-0.4, -0.2) is 62.3 Å². The summed E-state index contributed by atoms with van der Waals surface area (Å²) < 4.78 is 32.4. The van der Waals surface area contributed by atoms with E-state index in [0.717, 1.165) is 19.3 Å². The molecule has 0 spiro atoms. The van der Waals surface area contributed by atoms with E-state index >= 15 is 0 Å². The first-order valence-electron chi connectivity index (χ1n) is 9.82. The summed E-state index contributed by atoms with van der Waals surface area (Å²) in [5, 5.41) is 0. The minimum Gasteiger partial charge on any atom is -0.452 e. The third-order valence-corrected chi connectivity index (χ3v) is 7.19. The molecule has 2 aliphatic rings. The molecule has 0 saturated carbocycles. The van der Waals surface area contributed by atoms with Crippen molar-refractivity contribution in [1.82, 2.24) is 9.21 Å². The number of hydrogen-bond donors (Lipinski definition) is 0. The molecule has 0 N–H and O–H groups in total. The average Bonchev–Trinajstić information content (AvgIpc) is 3.20. The Morgan fingerprint density at radius 2 is 1.61 bits per heavy atom. The molecule has 2 aliphatic heterocycles. The van der Waals surface area contributed by atoms with Gasteiger partial charge in [0.2, 0.25) is 10.0 Å². The van der Waals surface area contributed by atoms with Crippen molar-refractivity contribution in [2.75, 3.05) is 32.8 Å². The number of rotatable bonds is 5. The molecule has 2 fully saturated rings. The number of nitrogens with zero attached hydrogens (tertiary/aromatic N) is 2. The fourth-order valence-electron chi connectivity index (χ4n) is 3.98. The predicted octanol–water partition coefficient (Wildman–Crippen LogP) is 2.13. The van der Waals surface area contributed by atoms with Crippen LogP contribution in [0.5, 0.6) is 0 Å². The molecule has 2 heterocycles. The Bertz CT molecular complexity index is 806. The van der Waals surface area contributed by atoms with Gasteiger partial charge < -0.3 is 9.64 Å². The summed E-state index contributed by atoms with van der Waals surface area (Å²) in [5.74, 6) is -0.183. The number of sulfonamides is 1. The van der Waals surface area contributed by atoms with Crippen LogP contribution in [0.15, 0.2) is 29.2 Å². The Morgan fingerprint density at radius 1 is 1.04 bits per heavy atom. The summed E-state index contributed by atoms with van der Waals surface area (Å²) in [6.07, 6.45) is 2.97. The van der Waals surface area contributed by atoms with Gasteiger partial charge in [-0.2, -0.15) is 4.31 Å². The molecule has 2 atom stereocenters. The molecule has 3 rings (SSSR count). The monoisotopic (exact) mass is 408 g/mol. The molecular weight excluding hydrogens is 380 g/mol. The summed E-state index contributed by atoms with van der Waals surface area (Å²) in [5.41, 5.74) is 0.230. The van der Waals surface area contributed by atoms with Crippen molar-refractivity contribution < 1.29 is 22.7 Å². The fourth-order valence-corrected chi connectivity index (χ4v) is 5.66. The number of benzene rings is 1. The lowest BCUT2D eigenvalue weighted by atomic mass is 9.94. The first-order valence-corrected chi connectivity index (χ1v) is 11.3. The van der Waals surface area contributed by atoms with Gasteiger partial charge in [-0.3, -0.25) is 4.79 Å². The van der Waals surface area contributed by atoms with Crippen LogP contribution in [0.2, 0.25) is 0 Å². The van der Waals surface area contributed by atoms with Crippen molar-refractivity contribution in [2.24, 2.45) is 11.8 Å². The number of esters is 1. The van der Waals surface area contributed by atoms with Crippen LogP contribution in [0.3, 0.4) is 0 Å². The SMILES string of the molecule is C[C@H]1C[C@H](C)CN(S(=O)(=O)c2ccc(C(=O)OCC(=O)N3CCCC3)cc2)C1. The molecule has 0 aliphatic carbocycles. The van der Waals surface area contributed by atoms with Crippen molar-refractivity contribution in [3.63, 3.8) is 0 Å². The van der Waals surface area contributed by atoms with Crippen LogP contribution in [0.25, 0.3) is 0 Å². The highest BCUT2D eigenvalue weighted by Gasteiger charge is 2.31. The Morgan fingerprint density at radius 3 is 2.18 bits per heavy atom. The molecule has 1 aromatic rings. The topological polar surface area (TPSA) is 84.0 Å². The fraction of sp³-hybridized carbons (Fsp3) is 0.600. The molecule has 1 amide bonds. The predicted molar refractivity (Wildman–Crippen MR) is 104 cm³/mol. The number of hydrogen-bond acceptors (Lipinski definition) is 5. The summed E-state index contributed by atoms with van der Waals surface area (Å²) >= 11 is 0. The van der Waals surface area contributed by atoms with E-state index in [0.29, 0.717) is 38.0 Å². The highest BCUT2D eigenvalue weighted by atomic mass is 32.2. The highest BCUT2D eigenvalue weighted by Crippen LogP contribution is 2.26. The lowest BCUT2D eigenvalue weighted by Gasteiger charge is -2.34. The summed E-state index contributed by atoms with van der Waals surface area (Å²) in [6.45, 7) is 6.25. The number of carbonyl (C=O) groups excluding carboxylic acids is 2. The molecule has 8 heteroatoms. The van der Waals surface area contributed by atoms with E-state index in [1.807, 2.05) is 0 Å². The van der Waals surface area contributed by atoms with Gasteiger partial charge >= 0.3 is 5.97 Å². The maximum absolute atomic E-state index is 12.9. The van der Waals surface area contributed by atoms with Crippen LogP contribution >= 0.6 is 0 Å². The molecule has 0 aromatic heterocycles. The minimum atomic E-state index is -3.59. The molecule has 1 aromatic carbocycles. The molecule has 0 bridgehead atoms. The van der Waals surface area contributed by atoms with E-state index in [9.17, 15) is 18.0 Å². The Labute approximate surface area is 166 Å². The smallest absolute Gasteiger partial charge is 0.338 e. The lowest BCUT2D eigenvalue weighted by Crippen LogP contribution is -2.42. The first-order chi connectivity index (χ1) is 13.3. The molecule has 2 saturated heterocycles. The maximum atomic E-state index is 12.9. The van der Waals surface area contributed by atoms with Crippen LogP contribution in [0, 0.1) is 11.8 Å². The zero-order chi connectivity index (χ0) is 20.3.